The molecule has 0 atom stereocenters. The summed E-state index contributed by atoms with van der Waals surface area (Å²) in [6.45, 7) is 0.522. The third-order valence-electron chi connectivity index (χ3n) is 2.26. The van der Waals surface area contributed by atoms with E-state index in [1.54, 1.807) is 0 Å². The molecule has 0 spiro atoms. The second kappa shape index (κ2) is 6.97. The Morgan fingerprint density at radius 1 is 1.33 bits per heavy atom. The fraction of sp³-hybridized carbons (Fsp3) is 0.364. The molecule has 0 aliphatic carbocycles. The number of nitrogens with one attached hydrogen (secondary N) is 2. The van der Waals surface area contributed by atoms with E-state index < -0.39 is 10.0 Å². The molecule has 0 aliphatic heterocycles. The Kier molecular flexibility index (Phi) is 5.60. The van der Waals surface area contributed by atoms with Crippen LogP contribution < -0.4 is 15.8 Å². The van der Waals surface area contributed by atoms with Gasteiger partial charge in [-0.25, -0.2) is 13.1 Å². The van der Waals surface area contributed by atoms with Crippen LogP contribution in [0.1, 0.15) is 5.56 Å². The predicted octanol–water partition coefficient (Wildman–Crippen LogP) is -0.360. The van der Waals surface area contributed by atoms with Crippen molar-refractivity contribution in [1.29, 1.82) is 0 Å². The largest absolute Gasteiger partial charge is 0.370 e. The Morgan fingerprint density at radius 3 is 2.61 bits per heavy atom. The zero-order valence-corrected chi connectivity index (χ0v) is 11.1. The summed E-state index contributed by atoms with van der Waals surface area (Å²) in [5.74, 6) is 0.184. The van der Waals surface area contributed by atoms with Crippen molar-refractivity contribution in [2.45, 2.75) is 6.54 Å². The van der Waals surface area contributed by atoms with Crippen LogP contribution in [0, 0.1) is 0 Å². The molecule has 0 heterocycles. The molecule has 1 aromatic rings. The molecule has 0 aromatic heterocycles. The van der Waals surface area contributed by atoms with Crippen LogP contribution in [-0.2, 0) is 16.6 Å². The van der Waals surface area contributed by atoms with E-state index >= 15 is 0 Å². The normalized spacial score (nSPS) is 12.4. The summed E-state index contributed by atoms with van der Waals surface area (Å²) in [5.41, 5.74) is 6.31. The van der Waals surface area contributed by atoms with Crippen LogP contribution in [0.5, 0.6) is 0 Å². The first-order chi connectivity index (χ1) is 8.53. The van der Waals surface area contributed by atoms with Gasteiger partial charge in [-0.05, 0) is 5.56 Å². The maximum absolute atomic E-state index is 11.6. The molecule has 1 rings (SSSR count). The van der Waals surface area contributed by atoms with Gasteiger partial charge in [0.05, 0.1) is 5.75 Å². The minimum absolute atomic E-state index is 0.0456. The summed E-state index contributed by atoms with van der Waals surface area (Å²) < 4.78 is 25.8. The lowest BCUT2D eigenvalue weighted by molar-refractivity contribution is 0.580. The first kappa shape index (κ1) is 14.5. The van der Waals surface area contributed by atoms with Crippen molar-refractivity contribution < 1.29 is 8.42 Å². The molecule has 1 aromatic carbocycles. The number of rotatable bonds is 6. The maximum atomic E-state index is 11.6. The van der Waals surface area contributed by atoms with Gasteiger partial charge in [-0.2, -0.15) is 0 Å². The summed E-state index contributed by atoms with van der Waals surface area (Å²) in [7, 11) is -1.77. The molecule has 0 radical (unpaired) electrons. The van der Waals surface area contributed by atoms with Crippen LogP contribution in [0.2, 0.25) is 0 Å². The fourth-order valence-corrected chi connectivity index (χ4v) is 2.16. The van der Waals surface area contributed by atoms with Gasteiger partial charge < -0.3 is 11.1 Å². The number of hydrogen-bond donors (Lipinski definition) is 3. The molecular weight excluding hydrogens is 252 g/mol. The monoisotopic (exact) mass is 270 g/mol. The molecule has 0 amide bonds. The van der Waals surface area contributed by atoms with E-state index in [2.05, 4.69) is 15.0 Å². The molecule has 4 N–H and O–H groups in total. The number of hydrogen-bond acceptors (Lipinski definition) is 3. The summed E-state index contributed by atoms with van der Waals surface area (Å²) >= 11 is 0. The fourth-order valence-electron chi connectivity index (χ4n) is 1.25. The summed E-state index contributed by atoms with van der Waals surface area (Å²) in [6, 6.07) is 9.34. The first-order valence-corrected chi connectivity index (χ1v) is 7.16. The number of guanidine groups is 1. The summed E-state index contributed by atoms with van der Waals surface area (Å²) in [4.78, 5) is 3.67. The third-order valence-corrected chi connectivity index (χ3v) is 3.58. The van der Waals surface area contributed by atoms with Crippen LogP contribution in [0.25, 0.3) is 0 Å². The second-order valence-corrected chi connectivity index (χ2v) is 5.59. The molecule has 0 saturated heterocycles. The average molecular weight is 270 g/mol. The Balaban J connectivity index is 2.36. The van der Waals surface area contributed by atoms with E-state index in [4.69, 9.17) is 5.73 Å². The molecule has 18 heavy (non-hydrogen) atoms. The van der Waals surface area contributed by atoms with Crippen LogP contribution in [-0.4, -0.2) is 33.7 Å². The number of nitrogens with two attached hydrogens (primary N) is 1. The average Bonchev–Trinajstić information content (AvgIpc) is 2.37. The highest BCUT2D eigenvalue weighted by molar-refractivity contribution is 7.89. The lowest BCUT2D eigenvalue weighted by Crippen LogP contribution is -2.37. The van der Waals surface area contributed by atoms with E-state index in [1.807, 2.05) is 30.3 Å². The Bertz CT molecular complexity index is 485. The van der Waals surface area contributed by atoms with Crippen molar-refractivity contribution in [3.8, 4) is 0 Å². The van der Waals surface area contributed by atoms with Crippen LogP contribution in [0.3, 0.4) is 0 Å². The zero-order chi connectivity index (χ0) is 13.4. The smallest absolute Gasteiger partial charge is 0.213 e. The van der Waals surface area contributed by atoms with Crippen molar-refractivity contribution in [2.24, 2.45) is 10.7 Å². The molecule has 0 fully saturated rings. The van der Waals surface area contributed by atoms with Gasteiger partial charge in [0, 0.05) is 20.1 Å². The lowest BCUT2D eigenvalue weighted by Gasteiger charge is -2.08. The Morgan fingerprint density at radius 2 is 2.00 bits per heavy atom. The molecule has 0 unspecified atom stereocenters. The van der Waals surface area contributed by atoms with Crippen LogP contribution >= 0.6 is 0 Å². The van der Waals surface area contributed by atoms with Crippen LogP contribution in [0.15, 0.2) is 35.3 Å². The highest BCUT2D eigenvalue weighted by Crippen LogP contribution is 1.98. The molecule has 0 saturated carbocycles. The standard InChI is InChI=1S/C11H18N4O2S/c1-13-11(12)14-7-8-18(16,17)15-9-10-5-3-2-4-6-10/h2-6,15H,7-9H2,1H3,(H3,12,13,14). The highest BCUT2D eigenvalue weighted by atomic mass is 32.2. The minimum atomic E-state index is -3.31. The van der Waals surface area contributed by atoms with E-state index in [-0.39, 0.29) is 18.3 Å². The van der Waals surface area contributed by atoms with Gasteiger partial charge in [-0.15, -0.1) is 0 Å². The lowest BCUT2D eigenvalue weighted by atomic mass is 10.2. The number of aliphatic imine (C=N–C) groups is 1. The van der Waals surface area contributed by atoms with E-state index in [0.717, 1.165) is 5.56 Å². The second-order valence-electron chi connectivity index (χ2n) is 3.66. The van der Waals surface area contributed by atoms with E-state index in [1.165, 1.54) is 7.05 Å². The van der Waals surface area contributed by atoms with Crippen molar-refractivity contribution in [1.82, 2.24) is 10.0 Å². The predicted molar refractivity (Wildman–Crippen MR) is 72.6 cm³/mol. The van der Waals surface area contributed by atoms with E-state index in [9.17, 15) is 8.42 Å². The van der Waals surface area contributed by atoms with E-state index in [0.29, 0.717) is 6.54 Å². The number of sulfonamides is 1. The number of nitrogens with zero attached hydrogens (tertiary/aromatic N) is 1. The van der Waals surface area contributed by atoms with Crippen molar-refractivity contribution >= 4 is 16.0 Å². The molecule has 0 aliphatic rings. The van der Waals surface area contributed by atoms with Gasteiger partial charge >= 0.3 is 0 Å². The topological polar surface area (TPSA) is 96.6 Å². The minimum Gasteiger partial charge on any atom is -0.370 e. The zero-order valence-electron chi connectivity index (χ0n) is 10.3. The summed E-state index contributed by atoms with van der Waals surface area (Å²) in [5, 5.41) is 2.70. The van der Waals surface area contributed by atoms with Crippen molar-refractivity contribution in [2.75, 3.05) is 19.3 Å². The maximum Gasteiger partial charge on any atom is 0.213 e. The summed E-state index contributed by atoms with van der Waals surface area (Å²) in [6.07, 6.45) is 0. The third kappa shape index (κ3) is 5.65. The molecular formula is C11H18N4O2S. The molecule has 7 heteroatoms. The molecule has 100 valence electrons. The SMILES string of the molecule is CN=C(N)NCCS(=O)(=O)NCc1ccccc1. The number of benzene rings is 1. The van der Waals surface area contributed by atoms with Gasteiger partial charge in [0.2, 0.25) is 10.0 Å². The van der Waals surface area contributed by atoms with Gasteiger partial charge in [0.15, 0.2) is 5.96 Å². The quantitative estimate of drug-likeness (QED) is 0.486. The van der Waals surface area contributed by atoms with Crippen LogP contribution in [0.4, 0.5) is 0 Å². The Labute approximate surface area is 107 Å². The first-order valence-electron chi connectivity index (χ1n) is 5.51. The Hall–Kier alpha value is -1.60. The van der Waals surface area contributed by atoms with Gasteiger partial charge in [0.1, 0.15) is 0 Å². The van der Waals surface area contributed by atoms with Crippen molar-refractivity contribution in [3.63, 3.8) is 0 Å². The van der Waals surface area contributed by atoms with Gasteiger partial charge in [-0.1, -0.05) is 30.3 Å². The van der Waals surface area contributed by atoms with Crippen molar-refractivity contribution in [3.05, 3.63) is 35.9 Å². The molecule has 6 nitrogen and oxygen atoms in total. The highest BCUT2D eigenvalue weighted by Gasteiger charge is 2.09. The molecule has 0 bridgehead atoms. The van der Waals surface area contributed by atoms with Gasteiger partial charge in [-0.3, -0.25) is 4.99 Å². The van der Waals surface area contributed by atoms with Gasteiger partial charge in [0.25, 0.3) is 0 Å².